The molecule has 0 saturated heterocycles. The van der Waals surface area contributed by atoms with Gasteiger partial charge in [0.2, 0.25) is 0 Å². The molecule has 0 saturated carbocycles. The molecule has 0 spiro atoms. The summed E-state index contributed by atoms with van der Waals surface area (Å²) in [5.41, 5.74) is 0.870. The van der Waals surface area contributed by atoms with Gasteiger partial charge in [-0.05, 0) is 31.1 Å². The van der Waals surface area contributed by atoms with Crippen LogP contribution in [0.4, 0.5) is 0 Å². The molecule has 0 N–H and O–H groups in total. The highest BCUT2D eigenvalue weighted by Gasteiger charge is 1.96. The van der Waals surface area contributed by atoms with E-state index in [0.29, 0.717) is 17.4 Å². The summed E-state index contributed by atoms with van der Waals surface area (Å²) in [7, 11) is 0. The fraction of sp³-hybridized carbons (Fsp3) is 0.250. The van der Waals surface area contributed by atoms with Crippen LogP contribution in [0.5, 0.6) is 0 Å². The minimum absolute atomic E-state index is 0.190. The quantitative estimate of drug-likeness (QED) is 0.435. The van der Waals surface area contributed by atoms with E-state index in [-0.39, 0.29) is 5.78 Å². The zero-order valence-electron chi connectivity index (χ0n) is 6.18. The van der Waals surface area contributed by atoms with Gasteiger partial charge in [0.25, 0.3) is 0 Å². The van der Waals surface area contributed by atoms with Crippen molar-refractivity contribution >= 4 is 12.1 Å². The summed E-state index contributed by atoms with van der Waals surface area (Å²) in [5, 5.41) is 0. The molecular formula is C8H10O2. The van der Waals surface area contributed by atoms with E-state index in [2.05, 4.69) is 6.58 Å². The Kier molecular flexibility index (Phi) is 3.33. The monoisotopic (exact) mass is 138 g/mol. The summed E-state index contributed by atoms with van der Waals surface area (Å²) >= 11 is 0. The Morgan fingerprint density at radius 3 is 2.20 bits per heavy atom. The van der Waals surface area contributed by atoms with E-state index in [1.54, 1.807) is 13.8 Å². The maximum absolute atomic E-state index is 10.8. The normalized spacial score (nSPS) is 10.8. The summed E-state index contributed by atoms with van der Waals surface area (Å²) in [6, 6.07) is 0. The molecular weight excluding hydrogens is 128 g/mol. The second kappa shape index (κ2) is 3.77. The van der Waals surface area contributed by atoms with E-state index >= 15 is 0 Å². The average Bonchev–Trinajstić information content (AvgIpc) is 1.87. The molecule has 2 nitrogen and oxygen atoms in total. The van der Waals surface area contributed by atoms with E-state index in [4.69, 9.17) is 0 Å². The van der Waals surface area contributed by atoms with Gasteiger partial charge in [0.1, 0.15) is 6.29 Å². The molecule has 0 unspecified atom stereocenters. The van der Waals surface area contributed by atoms with Gasteiger partial charge in [-0.1, -0.05) is 6.58 Å². The molecule has 0 amide bonds. The zero-order chi connectivity index (χ0) is 8.15. The first kappa shape index (κ1) is 8.82. The second-order valence-corrected chi connectivity index (χ2v) is 2.15. The average molecular weight is 138 g/mol. The van der Waals surface area contributed by atoms with Gasteiger partial charge in [0.05, 0.1) is 0 Å². The van der Waals surface area contributed by atoms with Crippen molar-refractivity contribution in [2.24, 2.45) is 0 Å². The molecule has 0 radical (unpaired) electrons. The molecule has 0 aliphatic rings. The van der Waals surface area contributed by atoms with Gasteiger partial charge in [0.15, 0.2) is 5.78 Å². The van der Waals surface area contributed by atoms with Crippen LogP contribution < -0.4 is 0 Å². The first-order valence-corrected chi connectivity index (χ1v) is 2.91. The summed E-state index contributed by atoms with van der Waals surface area (Å²) in [6.45, 7) is 6.62. The molecule has 0 bridgehead atoms. The van der Waals surface area contributed by atoms with Crippen LogP contribution in [-0.4, -0.2) is 12.1 Å². The smallest absolute Gasteiger partial charge is 0.181 e. The number of carbonyl (C=O) groups is 2. The number of hydrogen-bond donors (Lipinski definition) is 0. The van der Waals surface area contributed by atoms with Crippen molar-refractivity contribution in [3.05, 3.63) is 23.8 Å². The number of aldehydes is 1. The number of hydrogen-bond acceptors (Lipinski definition) is 2. The lowest BCUT2D eigenvalue weighted by molar-refractivity contribution is -0.111. The first-order valence-electron chi connectivity index (χ1n) is 2.91. The summed E-state index contributed by atoms with van der Waals surface area (Å²) < 4.78 is 0. The maximum Gasteiger partial charge on any atom is 0.181 e. The molecule has 0 heterocycles. The number of rotatable bonds is 3. The van der Waals surface area contributed by atoms with Crippen molar-refractivity contribution in [3.63, 3.8) is 0 Å². The molecule has 0 aliphatic carbocycles. The molecule has 0 aromatic heterocycles. The fourth-order valence-corrected chi connectivity index (χ4v) is 0.364. The Hall–Kier alpha value is -1.18. The van der Waals surface area contributed by atoms with Gasteiger partial charge in [-0.2, -0.15) is 0 Å². The number of allylic oxidation sites excluding steroid dienone is 3. The highest BCUT2D eigenvalue weighted by Crippen LogP contribution is 1.94. The summed E-state index contributed by atoms with van der Waals surface area (Å²) in [5.74, 6) is -0.190. The maximum atomic E-state index is 10.8. The van der Waals surface area contributed by atoms with Gasteiger partial charge in [-0.15, -0.1) is 0 Å². The second-order valence-electron chi connectivity index (χ2n) is 2.15. The number of carbonyl (C=O) groups excluding carboxylic acids is 2. The Morgan fingerprint density at radius 1 is 1.40 bits per heavy atom. The van der Waals surface area contributed by atoms with Crippen LogP contribution in [0.25, 0.3) is 0 Å². The Labute approximate surface area is 60.2 Å². The van der Waals surface area contributed by atoms with Gasteiger partial charge in [-0.25, -0.2) is 0 Å². The van der Waals surface area contributed by atoms with Crippen molar-refractivity contribution in [3.8, 4) is 0 Å². The van der Waals surface area contributed by atoms with Crippen LogP contribution in [-0.2, 0) is 9.59 Å². The van der Waals surface area contributed by atoms with Gasteiger partial charge < -0.3 is 0 Å². The molecule has 0 atom stereocenters. The van der Waals surface area contributed by atoms with Crippen LogP contribution in [0.3, 0.4) is 0 Å². The Balaban J connectivity index is 4.27. The lowest BCUT2D eigenvalue weighted by atomic mass is 10.2. The Morgan fingerprint density at radius 2 is 1.90 bits per heavy atom. The molecule has 54 valence electrons. The van der Waals surface area contributed by atoms with Gasteiger partial charge in [-0.3, -0.25) is 9.59 Å². The van der Waals surface area contributed by atoms with Crippen molar-refractivity contribution in [1.82, 2.24) is 0 Å². The van der Waals surface area contributed by atoms with Crippen LogP contribution in [0, 0.1) is 0 Å². The minimum atomic E-state index is -0.190. The topological polar surface area (TPSA) is 34.1 Å². The van der Waals surface area contributed by atoms with Crippen molar-refractivity contribution in [1.29, 1.82) is 0 Å². The minimum Gasteiger partial charge on any atom is -0.298 e. The molecule has 0 rings (SSSR count). The van der Waals surface area contributed by atoms with Crippen LogP contribution in [0.15, 0.2) is 23.8 Å². The molecule has 0 aromatic carbocycles. The molecule has 2 heteroatoms. The van der Waals surface area contributed by atoms with E-state index < -0.39 is 0 Å². The third-order valence-electron chi connectivity index (χ3n) is 0.965. The highest BCUT2D eigenvalue weighted by atomic mass is 16.1. The van der Waals surface area contributed by atoms with E-state index in [1.165, 1.54) is 6.08 Å². The largest absolute Gasteiger partial charge is 0.298 e. The van der Waals surface area contributed by atoms with Crippen molar-refractivity contribution < 1.29 is 9.59 Å². The van der Waals surface area contributed by atoms with E-state index in [9.17, 15) is 9.59 Å². The molecule has 0 aromatic rings. The highest BCUT2D eigenvalue weighted by molar-refractivity contribution is 6.05. The van der Waals surface area contributed by atoms with Crippen LogP contribution >= 0.6 is 0 Å². The predicted octanol–water partition coefficient (Wildman–Crippen LogP) is 1.28. The van der Waals surface area contributed by atoms with Crippen molar-refractivity contribution in [2.45, 2.75) is 13.8 Å². The standard InChI is InChI=1S/C8H10O2/c1-6(2)8(10)4-7(3)5-9/h4-5H,1H2,2-3H3/b7-4+. The fourth-order valence-electron chi connectivity index (χ4n) is 0.364. The van der Waals surface area contributed by atoms with Crippen molar-refractivity contribution in [2.75, 3.05) is 0 Å². The third-order valence-corrected chi connectivity index (χ3v) is 0.965. The van der Waals surface area contributed by atoms with Gasteiger partial charge >= 0.3 is 0 Å². The van der Waals surface area contributed by atoms with Crippen LogP contribution in [0.1, 0.15) is 13.8 Å². The molecule has 10 heavy (non-hydrogen) atoms. The predicted molar refractivity (Wildman–Crippen MR) is 39.6 cm³/mol. The lowest BCUT2D eigenvalue weighted by Gasteiger charge is -1.89. The first-order chi connectivity index (χ1) is 4.57. The van der Waals surface area contributed by atoms with Gasteiger partial charge in [0, 0.05) is 0 Å². The Bertz CT molecular complexity index is 199. The molecule has 0 aliphatic heterocycles. The van der Waals surface area contributed by atoms with E-state index in [0.717, 1.165) is 0 Å². The number of ketones is 1. The summed E-state index contributed by atoms with van der Waals surface area (Å²) in [6.07, 6.45) is 1.91. The van der Waals surface area contributed by atoms with E-state index in [1.807, 2.05) is 0 Å². The SMILES string of the molecule is C=C(C)C(=O)/C=C(\C)C=O. The zero-order valence-corrected chi connectivity index (χ0v) is 6.18. The lowest BCUT2D eigenvalue weighted by Crippen LogP contribution is -1.94. The molecule has 0 fully saturated rings. The van der Waals surface area contributed by atoms with Crippen LogP contribution in [0.2, 0.25) is 0 Å². The summed E-state index contributed by atoms with van der Waals surface area (Å²) in [4.78, 5) is 20.8. The third kappa shape index (κ3) is 2.97.